The van der Waals surface area contributed by atoms with Gasteiger partial charge in [0.2, 0.25) is 11.7 Å². The summed E-state index contributed by atoms with van der Waals surface area (Å²) < 4.78 is 42.3. The lowest BCUT2D eigenvalue weighted by atomic mass is 10.0. The van der Waals surface area contributed by atoms with E-state index in [1.54, 1.807) is 18.3 Å². The fourth-order valence-electron chi connectivity index (χ4n) is 5.15. The molecule has 0 aliphatic carbocycles. The Kier molecular flexibility index (Phi) is 8.70. The highest BCUT2D eigenvalue weighted by Gasteiger charge is 2.38. The van der Waals surface area contributed by atoms with Gasteiger partial charge in [0, 0.05) is 18.4 Å². The molecule has 3 aromatic carbocycles. The molecule has 0 saturated carbocycles. The van der Waals surface area contributed by atoms with Crippen LogP contribution in [-0.4, -0.2) is 31.2 Å². The van der Waals surface area contributed by atoms with Crippen molar-refractivity contribution in [3.05, 3.63) is 84.6 Å². The summed E-state index contributed by atoms with van der Waals surface area (Å²) >= 11 is 0. The van der Waals surface area contributed by atoms with Crippen LogP contribution >= 0.6 is 0 Å². The number of rotatable bonds is 12. The van der Waals surface area contributed by atoms with Gasteiger partial charge in [-0.15, -0.1) is 0 Å². The number of carbonyl (C=O) groups excluding carboxylic acids is 2. The van der Waals surface area contributed by atoms with Gasteiger partial charge in [0.25, 0.3) is 0 Å². The SMILES string of the molecule is CCC(=O)CCCCC[C@H](NC(=O)Cn1c(C(F)(F)F)nc2ccccc21)c1ncc(-c2ccc3ccccc3c2)[nH]1. The molecule has 0 radical (unpaired) electrons. The van der Waals surface area contributed by atoms with Gasteiger partial charge in [0.15, 0.2) is 0 Å². The van der Waals surface area contributed by atoms with Crippen molar-refractivity contribution in [1.29, 1.82) is 0 Å². The monoisotopic (exact) mass is 575 g/mol. The number of halogens is 3. The molecule has 0 unspecified atom stereocenters. The Bertz CT molecular complexity index is 1710. The van der Waals surface area contributed by atoms with Gasteiger partial charge in [0.05, 0.1) is 29.0 Å². The van der Waals surface area contributed by atoms with E-state index in [4.69, 9.17) is 0 Å². The summed E-state index contributed by atoms with van der Waals surface area (Å²) in [6.45, 7) is 1.29. The van der Waals surface area contributed by atoms with Crippen molar-refractivity contribution in [3.63, 3.8) is 0 Å². The number of amides is 1. The molecule has 0 fully saturated rings. The van der Waals surface area contributed by atoms with Crippen LogP contribution in [0.5, 0.6) is 0 Å². The van der Waals surface area contributed by atoms with Crippen molar-refractivity contribution in [3.8, 4) is 11.3 Å². The van der Waals surface area contributed by atoms with Crippen molar-refractivity contribution in [2.45, 2.75) is 64.2 Å². The molecule has 0 bridgehead atoms. The molecule has 0 spiro atoms. The largest absolute Gasteiger partial charge is 0.449 e. The van der Waals surface area contributed by atoms with Crippen LogP contribution in [0, 0.1) is 0 Å². The second-order valence-corrected chi connectivity index (χ2v) is 10.4. The zero-order chi connectivity index (χ0) is 29.7. The summed E-state index contributed by atoms with van der Waals surface area (Å²) in [5.41, 5.74) is 2.09. The van der Waals surface area contributed by atoms with Crippen molar-refractivity contribution in [2.75, 3.05) is 0 Å². The fourth-order valence-corrected chi connectivity index (χ4v) is 5.15. The number of carbonyl (C=O) groups is 2. The maximum absolute atomic E-state index is 13.8. The van der Waals surface area contributed by atoms with Crippen LogP contribution in [0.3, 0.4) is 0 Å². The Morgan fingerprint density at radius 2 is 1.74 bits per heavy atom. The van der Waals surface area contributed by atoms with Gasteiger partial charge in [-0.05, 0) is 41.8 Å². The highest BCUT2D eigenvalue weighted by atomic mass is 19.4. The third-order valence-corrected chi connectivity index (χ3v) is 7.37. The average molecular weight is 576 g/mol. The maximum Gasteiger partial charge on any atom is 0.449 e. The number of ketones is 1. The number of para-hydroxylation sites is 2. The number of aromatic nitrogens is 4. The molecule has 5 rings (SSSR count). The molecule has 7 nitrogen and oxygen atoms in total. The highest BCUT2D eigenvalue weighted by molar-refractivity contribution is 5.87. The van der Waals surface area contributed by atoms with Crippen molar-refractivity contribution in [2.24, 2.45) is 0 Å². The third kappa shape index (κ3) is 6.70. The van der Waals surface area contributed by atoms with Gasteiger partial charge < -0.3 is 14.9 Å². The number of alkyl halides is 3. The van der Waals surface area contributed by atoms with Gasteiger partial charge in [-0.1, -0.05) is 68.3 Å². The van der Waals surface area contributed by atoms with Crippen LogP contribution in [0.1, 0.15) is 63.1 Å². The number of hydrogen-bond donors (Lipinski definition) is 2. The number of hydrogen-bond acceptors (Lipinski definition) is 4. The Morgan fingerprint density at radius 1 is 0.976 bits per heavy atom. The summed E-state index contributed by atoms with van der Waals surface area (Å²) in [4.78, 5) is 36.5. The van der Waals surface area contributed by atoms with Gasteiger partial charge in [0.1, 0.15) is 18.2 Å². The molecule has 2 N–H and O–H groups in total. The number of aromatic amines is 1. The minimum Gasteiger partial charge on any atom is -0.345 e. The number of unbranched alkanes of at least 4 members (excludes halogenated alkanes) is 2. The molecule has 2 heterocycles. The first-order valence-electron chi connectivity index (χ1n) is 14.1. The number of H-pyrrole nitrogens is 1. The van der Waals surface area contributed by atoms with Crippen LogP contribution in [0.15, 0.2) is 72.9 Å². The van der Waals surface area contributed by atoms with Crippen LogP contribution < -0.4 is 5.32 Å². The Morgan fingerprint density at radius 3 is 2.52 bits per heavy atom. The smallest absolute Gasteiger partial charge is 0.345 e. The highest BCUT2D eigenvalue weighted by Crippen LogP contribution is 2.32. The number of Topliss-reactive ketones (excluding diaryl/α,β-unsaturated/α-hetero) is 1. The van der Waals surface area contributed by atoms with Crippen LogP contribution in [0.4, 0.5) is 13.2 Å². The summed E-state index contributed by atoms with van der Waals surface area (Å²) in [5.74, 6) is -0.979. The summed E-state index contributed by atoms with van der Waals surface area (Å²) in [5, 5.41) is 5.09. The fraction of sp³-hybridized carbons (Fsp3) is 0.312. The van der Waals surface area contributed by atoms with E-state index in [2.05, 4.69) is 20.3 Å². The lowest BCUT2D eigenvalue weighted by Crippen LogP contribution is -2.33. The Hall–Kier alpha value is -4.47. The topological polar surface area (TPSA) is 92.7 Å². The Balaban J connectivity index is 1.36. The van der Waals surface area contributed by atoms with E-state index in [0.29, 0.717) is 31.5 Å². The predicted octanol–water partition coefficient (Wildman–Crippen LogP) is 7.39. The summed E-state index contributed by atoms with van der Waals surface area (Å²) in [6.07, 6.45) is 0.724. The van der Waals surface area contributed by atoms with E-state index < -0.39 is 30.5 Å². The molecular weight excluding hydrogens is 543 g/mol. The van der Waals surface area contributed by atoms with Gasteiger partial charge >= 0.3 is 6.18 Å². The number of imidazole rings is 2. The van der Waals surface area contributed by atoms with E-state index in [0.717, 1.165) is 39.4 Å². The normalized spacial score (nSPS) is 12.6. The van der Waals surface area contributed by atoms with Crippen molar-refractivity contribution < 1.29 is 22.8 Å². The first-order chi connectivity index (χ1) is 20.2. The number of nitrogens with one attached hydrogen (secondary N) is 2. The van der Waals surface area contributed by atoms with E-state index in [-0.39, 0.29) is 16.8 Å². The molecule has 10 heteroatoms. The molecule has 0 aliphatic rings. The van der Waals surface area contributed by atoms with E-state index in [1.807, 2.05) is 49.4 Å². The number of fused-ring (bicyclic) bond motifs is 2. The van der Waals surface area contributed by atoms with Crippen LogP contribution in [-0.2, 0) is 22.3 Å². The Labute approximate surface area is 241 Å². The maximum atomic E-state index is 13.8. The minimum atomic E-state index is -4.72. The van der Waals surface area contributed by atoms with Crippen molar-refractivity contribution >= 4 is 33.5 Å². The first kappa shape index (κ1) is 29.0. The molecule has 42 heavy (non-hydrogen) atoms. The quantitative estimate of drug-likeness (QED) is 0.152. The molecule has 5 aromatic rings. The van der Waals surface area contributed by atoms with E-state index >= 15 is 0 Å². The van der Waals surface area contributed by atoms with Gasteiger partial charge in [-0.25, -0.2) is 9.97 Å². The average Bonchev–Trinajstić information content (AvgIpc) is 3.62. The molecule has 0 aliphatic heterocycles. The van der Waals surface area contributed by atoms with E-state index in [1.165, 1.54) is 12.1 Å². The standard InChI is InChI=1S/C32H32F3N5O2/c1-2-24(41)12-4-3-5-14-26(30-36-19-27(38-30)23-17-16-21-10-6-7-11-22(21)18-23)37-29(42)20-40-28-15-9-8-13-25(28)39-31(40)32(33,34)35/h6-11,13,15-19,26H,2-5,12,14,20H2,1H3,(H,36,38)(H,37,42)/t26-/m0/s1. The lowest BCUT2D eigenvalue weighted by molar-refractivity contribution is -0.147. The lowest BCUT2D eigenvalue weighted by Gasteiger charge is -2.18. The van der Waals surface area contributed by atoms with Gasteiger partial charge in [-0.2, -0.15) is 13.2 Å². The zero-order valence-corrected chi connectivity index (χ0v) is 23.2. The number of benzene rings is 3. The molecule has 218 valence electrons. The minimum absolute atomic E-state index is 0.168. The first-order valence-corrected chi connectivity index (χ1v) is 14.1. The van der Waals surface area contributed by atoms with Crippen LogP contribution in [0.2, 0.25) is 0 Å². The third-order valence-electron chi connectivity index (χ3n) is 7.37. The molecule has 0 saturated heterocycles. The van der Waals surface area contributed by atoms with Crippen LogP contribution in [0.25, 0.3) is 33.1 Å². The van der Waals surface area contributed by atoms with Crippen molar-refractivity contribution in [1.82, 2.24) is 24.8 Å². The molecule has 1 amide bonds. The zero-order valence-electron chi connectivity index (χ0n) is 23.2. The summed E-state index contributed by atoms with van der Waals surface area (Å²) in [7, 11) is 0. The second kappa shape index (κ2) is 12.6. The molecule has 2 aromatic heterocycles. The molecule has 1 atom stereocenters. The summed E-state index contributed by atoms with van der Waals surface area (Å²) in [6, 6.07) is 19.7. The van der Waals surface area contributed by atoms with E-state index in [9.17, 15) is 22.8 Å². The number of nitrogens with zero attached hydrogens (tertiary/aromatic N) is 3. The second-order valence-electron chi connectivity index (χ2n) is 10.4. The molecular formula is C32H32F3N5O2. The predicted molar refractivity (Wildman–Crippen MR) is 156 cm³/mol. The van der Waals surface area contributed by atoms with Gasteiger partial charge in [-0.3, -0.25) is 9.59 Å².